The summed E-state index contributed by atoms with van der Waals surface area (Å²) in [5, 5.41) is 0.658. The van der Waals surface area contributed by atoms with E-state index in [4.69, 9.17) is 11.6 Å². The molecule has 0 aromatic heterocycles. The van der Waals surface area contributed by atoms with Crippen LogP contribution in [0, 0.1) is 11.8 Å². The minimum Gasteiger partial charge on any atom is -0.282 e. The lowest BCUT2D eigenvalue weighted by molar-refractivity contribution is -0.123. The van der Waals surface area contributed by atoms with E-state index in [-0.39, 0.29) is 35.7 Å². The summed E-state index contributed by atoms with van der Waals surface area (Å²) >= 11 is 8.04. The Labute approximate surface area is 161 Å². The minimum absolute atomic E-state index is 0.0618. The standard InChI is InChI=1S/C20H17ClN2O2S/c21-13-6-4-5-12(9-13)18-17-16(15-10-26-11-22(15)18)19(24)23(20(17)25)14-7-2-1-3-8-14/h1-9,15-18H,10-11H2/t15-,16+,17+,18-/m0/s1. The molecular weight excluding hydrogens is 368 g/mol. The summed E-state index contributed by atoms with van der Waals surface area (Å²) in [5.74, 6) is 0.971. The van der Waals surface area contributed by atoms with E-state index in [0.717, 1.165) is 17.2 Å². The third-order valence-electron chi connectivity index (χ3n) is 5.67. The summed E-state index contributed by atoms with van der Waals surface area (Å²) in [6.45, 7) is 0. The van der Waals surface area contributed by atoms with E-state index in [1.807, 2.05) is 66.4 Å². The summed E-state index contributed by atoms with van der Waals surface area (Å²) in [6, 6.07) is 17.0. The molecular formula is C20H17ClN2O2S. The van der Waals surface area contributed by atoms with Crippen LogP contribution in [0.4, 0.5) is 5.69 Å². The molecule has 0 saturated carbocycles. The molecule has 6 heteroatoms. The van der Waals surface area contributed by atoms with E-state index >= 15 is 0 Å². The average Bonchev–Trinajstić information content (AvgIpc) is 3.28. The molecule has 5 rings (SSSR count). The first-order valence-electron chi connectivity index (χ1n) is 8.68. The number of nitrogens with zero attached hydrogens (tertiary/aromatic N) is 2. The molecule has 0 unspecified atom stereocenters. The second-order valence-electron chi connectivity index (χ2n) is 6.98. The van der Waals surface area contributed by atoms with Gasteiger partial charge in [0.1, 0.15) is 0 Å². The van der Waals surface area contributed by atoms with Crippen LogP contribution >= 0.6 is 23.4 Å². The largest absolute Gasteiger partial charge is 0.282 e. The van der Waals surface area contributed by atoms with Crippen molar-refractivity contribution in [3.8, 4) is 0 Å². The molecule has 0 spiro atoms. The zero-order valence-electron chi connectivity index (χ0n) is 13.9. The number of halogens is 1. The number of amides is 2. The Bertz CT molecular complexity index is 890. The summed E-state index contributed by atoms with van der Waals surface area (Å²) < 4.78 is 0. The van der Waals surface area contributed by atoms with Crippen molar-refractivity contribution in [1.29, 1.82) is 0 Å². The van der Waals surface area contributed by atoms with E-state index in [2.05, 4.69) is 4.90 Å². The van der Waals surface area contributed by atoms with Crippen molar-refractivity contribution in [3.05, 3.63) is 65.2 Å². The Morgan fingerprint density at radius 1 is 0.962 bits per heavy atom. The Hall–Kier alpha value is -1.82. The molecule has 3 fully saturated rings. The highest BCUT2D eigenvalue weighted by Crippen LogP contribution is 2.54. The van der Waals surface area contributed by atoms with Crippen molar-refractivity contribution >= 4 is 40.9 Å². The van der Waals surface area contributed by atoms with E-state index < -0.39 is 0 Å². The summed E-state index contributed by atoms with van der Waals surface area (Å²) in [4.78, 5) is 30.3. The van der Waals surface area contributed by atoms with Gasteiger partial charge in [0.15, 0.2) is 0 Å². The fraction of sp³-hybridized carbons (Fsp3) is 0.300. The molecule has 26 heavy (non-hydrogen) atoms. The minimum atomic E-state index is -0.341. The van der Waals surface area contributed by atoms with Gasteiger partial charge in [0.25, 0.3) is 0 Å². The van der Waals surface area contributed by atoms with Gasteiger partial charge in [0.05, 0.1) is 17.5 Å². The van der Waals surface area contributed by atoms with Crippen LogP contribution in [0.2, 0.25) is 5.02 Å². The Morgan fingerprint density at radius 2 is 1.73 bits per heavy atom. The predicted octanol–water partition coefficient (Wildman–Crippen LogP) is 3.58. The monoisotopic (exact) mass is 384 g/mol. The Kier molecular flexibility index (Phi) is 3.85. The first kappa shape index (κ1) is 16.4. The fourth-order valence-electron chi connectivity index (χ4n) is 4.64. The second-order valence-corrected chi connectivity index (χ2v) is 8.42. The maximum Gasteiger partial charge on any atom is 0.239 e. The molecule has 3 heterocycles. The summed E-state index contributed by atoms with van der Waals surface area (Å²) in [5.41, 5.74) is 1.69. The van der Waals surface area contributed by atoms with Gasteiger partial charge in [-0.3, -0.25) is 14.5 Å². The van der Waals surface area contributed by atoms with Gasteiger partial charge in [-0.25, -0.2) is 4.90 Å². The third-order valence-corrected chi connectivity index (χ3v) is 6.96. The quantitative estimate of drug-likeness (QED) is 0.742. The highest BCUT2D eigenvalue weighted by Gasteiger charge is 2.63. The van der Waals surface area contributed by atoms with Crippen molar-refractivity contribution in [2.24, 2.45) is 11.8 Å². The van der Waals surface area contributed by atoms with E-state index in [0.29, 0.717) is 10.7 Å². The topological polar surface area (TPSA) is 40.6 Å². The number of anilines is 1. The van der Waals surface area contributed by atoms with Gasteiger partial charge < -0.3 is 0 Å². The van der Waals surface area contributed by atoms with Crippen LogP contribution in [0.15, 0.2) is 54.6 Å². The van der Waals surface area contributed by atoms with Crippen LogP contribution in [0.5, 0.6) is 0 Å². The molecule has 2 aromatic rings. The van der Waals surface area contributed by atoms with Gasteiger partial charge in [0.2, 0.25) is 11.8 Å². The molecule has 0 bridgehead atoms. The lowest BCUT2D eigenvalue weighted by Gasteiger charge is -2.28. The highest BCUT2D eigenvalue weighted by molar-refractivity contribution is 7.99. The van der Waals surface area contributed by atoms with E-state index in [9.17, 15) is 9.59 Å². The van der Waals surface area contributed by atoms with Crippen LogP contribution in [0.1, 0.15) is 11.6 Å². The second kappa shape index (κ2) is 6.12. The molecule has 2 aromatic carbocycles. The van der Waals surface area contributed by atoms with Crippen molar-refractivity contribution in [2.45, 2.75) is 12.1 Å². The van der Waals surface area contributed by atoms with Gasteiger partial charge in [-0.05, 0) is 29.8 Å². The zero-order chi connectivity index (χ0) is 17.8. The molecule has 2 amide bonds. The van der Waals surface area contributed by atoms with Crippen molar-refractivity contribution < 1.29 is 9.59 Å². The van der Waals surface area contributed by atoms with Gasteiger partial charge >= 0.3 is 0 Å². The molecule has 0 aliphatic carbocycles. The maximum absolute atomic E-state index is 13.3. The number of thioether (sulfide) groups is 1. The molecule has 4 atom stereocenters. The van der Waals surface area contributed by atoms with Crippen LogP contribution in [-0.4, -0.2) is 34.4 Å². The van der Waals surface area contributed by atoms with Crippen LogP contribution in [0.3, 0.4) is 0 Å². The number of rotatable bonds is 2. The lowest BCUT2D eigenvalue weighted by Crippen LogP contribution is -2.40. The number of hydrogen-bond acceptors (Lipinski definition) is 4. The van der Waals surface area contributed by atoms with E-state index in [1.165, 1.54) is 4.90 Å². The summed E-state index contributed by atoms with van der Waals surface area (Å²) in [6.07, 6.45) is 0. The Morgan fingerprint density at radius 3 is 2.50 bits per heavy atom. The number of imide groups is 1. The predicted molar refractivity (Wildman–Crippen MR) is 103 cm³/mol. The van der Waals surface area contributed by atoms with Crippen molar-refractivity contribution in [1.82, 2.24) is 4.90 Å². The average molecular weight is 385 g/mol. The highest BCUT2D eigenvalue weighted by atomic mass is 35.5. The molecule has 3 saturated heterocycles. The third kappa shape index (κ3) is 2.27. The number of para-hydroxylation sites is 1. The lowest BCUT2D eigenvalue weighted by atomic mass is 9.87. The van der Waals surface area contributed by atoms with Gasteiger partial charge in [0, 0.05) is 28.7 Å². The molecule has 4 nitrogen and oxygen atoms in total. The molecule has 3 aliphatic heterocycles. The van der Waals surface area contributed by atoms with Gasteiger partial charge in [-0.2, -0.15) is 0 Å². The molecule has 0 radical (unpaired) electrons. The SMILES string of the molecule is O=C1[C@@H]2[C@H](C(=O)N1c1ccccc1)[C@@H]1CSCN1[C@H]2c1cccc(Cl)c1. The number of fused-ring (bicyclic) bond motifs is 3. The summed E-state index contributed by atoms with van der Waals surface area (Å²) in [7, 11) is 0. The Balaban J connectivity index is 1.60. The van der Waals surface area contributed by atoms with E-state index in [1.54, 1.807) is 0 Å². The normalized spacial score (nSPS) is 30.7. The van der Waals surface area contributed by atoms with Crippen molar-refractivity contribution in [3.63, 3.8) is 0 Å². The molecule has 3 aliphatic rings. The maximum atomic E-state index is 13.3. The van der Waals surface area contributed by atoms with Gasteiger partial charge in [-0.15, -0.1) is 11.8 Å². The zero-order valence-corrected chi connectivity index (χ0v) is 15.5. The van der Waals surface area contributed by atoms with Crippen LogP contribution < -0.4 is 4.90 Å². The molecule has 132 valence electrons. The first-order chi connectivity index (χ1) is 12.7. The van der Waals surface area contributed by atoms with Gasteiger partial charge in [-0.1, -0.05) is 41.9 Å². The number of carbonyl (C=O) groups excluding carboxylic acids is 2. The van der Waals surface area contributed by atoms with Crippen LogP contribution in [-0.2, 0) is 9.59 Å². The van der Waals surface area contributed by atoms with Crippen LogP contribution in [0.25, 0.3) is 0 Å². The molecule has 0 N–H and O–H groups in total. The number of hydrogen-bond donors (Lipinski definition) is 0. The number of carbonyl (C=O) groups is 2. The number of benzene rings is 2. The fourth-order valence-corrected chi connectivity index (χ4v) is 6.15. The van der Waals surface area contributed by atoms with Crippen molar-refractivity contribution in [2.75, 3.05) is 16.5 Å². The smallest absolute Gasteiger partial charge is 0.239 e. The first-order valence-corrected chi connectivity index (χ1v) is 10.2.